The fourth-order valence-electron chi connectivity index (χ4n) is 1.90. The summed E-state index contributed by atoms with van der Waals surface area (Å²) in [5.41, 5.74) is 7.99. The molecule has 0 saturated carbocycles. The number of aromatic hydroxyl groups is 1. The van der Waals surface area contributed by atoms with Crippen LogP contribution in [0, 0.1) is 6.92 Å². The largest absolute Gasteiger partial charge is 0.508 e. The summed E-state index contributed by atoms with van der Waals surface area (Å²) in [6, 6.07) is 11.7. The lowest BCUT2D eigenvalue weighted by atomic mass is 10.1. The summed E-state index contributed by atoms with van der Waals surface area (Å²) < 4.78 is 0. The second kappa shape index (κ2) is 5.71. The molecule has 2 aromatic rings. The van der Waals surface area contributed by atoms with Gasteiger partial charge in [-0.1, -0.05) is 24.4 Å². The van der Waals surface area contributed by atoms with Gasteiger partial charge in [0.05, 0.1) is 5.69 Å². The Morgan fingerprint density at radius 3 is 2.55 bits per heavy atom. The Bertz CT molecular complexity index is 683. The maximum atomic E-state index is 12.2. The highest BCUT2D eigenvalue weighted by atomic mass is 32.1. The van der Waals surface area contributed by atoms with Gasteiger partial charge in [-0.25, -0.2) is 0 Å². The van der Waals surface area contributed by atoms with Crippen LogP contribution in [0.5, 0.6) is 5.75 Å². The zero-order chi connectivity index (χ0) is 14.7. The van der Waals surface area contributed by atoms with Crippen molar-refractivity contribution >= 4 is 28.8 Å². The minimum absolute atomic E-state index is 0.127. The molecular weight excluding hydrogens is 272 g/mol. The van der Waals surface area contributed by atoms with E-state index in [2.05, 4.69) is 5.32 Å². The number of phenols is 1. The number of phenolic OH excluding ortho intramolecular Hbond substituents is 1. The molecule has 0 atom stereocenters. The lowest BCUT2D eigenvalue weighted by Crippen LogP contribution is -2.18. The van der Waals surface area contributed by atoms with E-state index in [0.717, 1.165) is 0 Å². The van der Waals surface area contributed by atoms with Gasteiger partial charge in [0.15, 0.2) is 0 Å². The fraction of sp³-hybridized carbons (Fsp3) is 0.0667. The number of thiocarbonyl (C=S) groups is 1. The number of aryl methyl sites for hydroxylation is 1. The predicted molar refractivity (Wildman–Crippen MR) is 83.1 cm³/mol. The molecule has 0 heterocycles. The van der Waals surface area contributed by atoms with E-state index in [9.17, 15) is 9.90 Å². The number of nitrogens with one attached hydrogen (secondary N) is 1. The van der Waals surface area contributed by atoms with Crippen molar-refractivity contribution in [3.63, 3.8) is 0 Å². The zero-order valence-electron chi connectivity index (χ0n) is 10.9. The molecule has 0 aliphatic rings. The van der Waals surface area contributed by atoms with Crippen LogP contribution in [-0.4, -0.2) is 16.0 Å². The first-order valence-corrected chi connectivity index (χ1v) is 6.39. The van der Waals surface area contributed by atoms with E-state index in [0.29, 0.717) is 22.4 Å². The average Bonchev–Trinajstić information content (AvgIpc) is 2.38. The molecule has 0 bridgehead atoms. The number of rotatable bonds is 3. The van der Waals surface area contributed by atoms with Gasteiger partial charge in [0.1, 0.15) is 10.7 Å². The Hall–Kier alpha value is -2.40. The highest BCUT2D eigenvalue weighted by Gasteiger charge is 2.12. The van der Waals surface area contributed by atoms with Gasteiger partial charge in [-0.05, 0) is 42.8 Å². The third kappa shape index (κ3) is 2.95. The molecule has 0 radical (unpaired) electrons. The standard InChI is InChI=1S/C15H14N2O2S/c1-9-8-10(18)6-7-11(9)15(19)17-13-5-3-2-4-12(13)14(16)20/h2-8,18H,1H3,(H2,16,20)(H,17,19). The first kappa shape index (κ1) is 14.0. The normalized spacial score (nSPS) is 10.1. The quantitative estimate of drug-likeness (QED) is 0.758. The van der Waals surface area contributed by atoms with E-state index in [-0.39, 0.29) is 16.6 Å². The van der Waals surface area contributed by atoms with Gasteiger partial charge in [-0.2, -0.15) is 0 Å². The van der Waals surface area contributed by atoms with Gasteiger partial charge in [0.25, 0.3) is 5.91 Å². The molecule has 4 nitrogen and oxygen atoms in total. The maximum Gasteiger partial charge on any atom is 0.255 e. The molecule has 0 spiro atoms. The van der Waals surface area contributed by atoms with Crippen molar-refractivity contribution in [3.8, 4) is 5.75 Å². The van der Waals surface area contributed by atoms with Crippen LogP contribution in [0.25, 0.3) is 0 Å². The van der Waals surface area contributed by atoms with Crippen LogP contribution in [0.2, 0.25) is 0 Å². The summed E-state index contributed by atoms with van der Waals surface area (Å²) in [7, 11) is 0. The number of carbonyl (C=O) groups is 1. The molecule has 0 unspecified atom stereocenters. The highest BCUT2D eigenvalue weighted by molar-refractivity contribution is 7.80. The van der Waals surface area contributed by atoms with Gasteiger partial charge < -0.3 is 16.2 Å². The van der Waals surface area contributed by atoms with Crippen LogP contribution < -0.4 is 11.1 Å². The monoisotopic (exact) mass is 286 g/mol. The second-order valence-corrected chi connectivity index (χ2v) is 4.80. The van der Waals surface area contributed by atoms with Gasteiger partial charge in [0, 0.05) is 11.1 Å². The number of amides is 1. The summed E-state index contributed by atoms with van der Waals surface area (Å²) >= 11 is 4.96. The Morgan fingerprint density at radius 1 is 1.20 bits per heavy atom. The Balaban J connectivity index is 2.30. The minimum atomic E-state index is -0.272. The van der Waals surface area contributed by atoms with E-state index >= 15 is 0 Å². The SMILES string of the molecule is Cc1cc(O)ccc1C(=O)Nc1ccccc1C(N)=S. The summed E-state index contributed by atoms with van der Waals surface area (Å²) in [5, 5.41) is 12.1. The number of carbonyl (C=O) groups excluding carboxylic acids is 1. The molecule has 0 aliphatic carbocycles. The fourth-order valence-corrected chi connectivity index (χ4v) is 2.08. The molecule has 4 N–H and O–H groups in total. The van der Waals surface area contributed by atoms with Crippen molar-refractivity contribution in [3.05, 3.63) is 59.2 Å². The van der Waals surface area contributed by atoms with E-state index in [1.54, 1.807) is 37.3 Å². The Kier molecular flexibility index (Phi) is 4.00. The summed E-state index contributed by atoms with van der Waals surface area (Å²) in [6.07, 6.45) is 0. The molecule has 1 amide bonds. The van der Waals surface area contributed by atoms with Gasteiger partial charge in [-0.15, -0.1) is 0 Å². The van der Waals surface area contributed by atoms with Gasteiger partial charge >= 0.3 is 0 Å². The molecule has 20 heavy (non-hydrogen) atoms. The number of hydrogen-bond donors (Lipinski definition) is 3. The maximum absolute atomic E-state index is 12.2. The number of nitrogens with two attached hydrogens (primary N) is 1. The predicted octanol–water partition coefficient (Wildman–Crippen LogP) is 2.59. The summed E-state index contributed by atoms with van der Waals surface area (Å²) in [4.78, 5) is 12.5. The van der Waals surface area contributed by atoms with Crippen LogP contribution in [0.4, 0.5) is 5.69 Å². The van der Waals surface area contributed by atoms with Crippen LogP contribution in [0.15, 0.2) is 42.5 Å². The van der Waals surface area contributed by atoms with Gasteiger partial charge in [0.2, 0.25) is 0 Å². The van der Waals surface area contributed by atoms with Crippen molar-refractivity contribution < 1.29 is 9.90 Å². The third-order valence-electron chi connectivity index (χ3n) is 2.90. The number of anilines is 1. The topological polar surface area (TPSA) is 75.3 Å². The second-order valence-electron chi connectivity index (χ2n) is 4.36. The number of para-hydroxylation sites is 1. The van der Waals surface area contributed by atoms with Crippen molar-refractivity contribution in [2.24, 2.45) is 5.73 Å². The lowest BCUT2D eigenvalue weighted by molar-refractivity contribution is 0.102. The highest BCUT2D eigenvalue weighted by Crippen LogP contribution is 2.19. The van der Waals surface area contributed by atoms with Gasteiger partial charge in [-0.3, -0.25) is 4.79 Å². The molecule has 2 aromatic carbocycles. The molecule has 0 fully saturated rings. The zero-order valence-corrected chi connectivity index (χ0v) is 11.7. The van der Waals surface area contributed by atoms with Crippen LogP contribution >= 0.6 is 12.2 Å². The number of benzene rings is 2. The van der Waals surface area contributed by atoms with E-state index in [1.165, 1.54) is 12.1 Å². The summed E-state index contributed by atoms with van der Waals surface area (Å²) in [5.74, 6) is -0.145. The van der Waals surface area contributed by atoms with Crippen molar-refractivity contribution in [1.82, 2.24) is 0 Å². The molecule has 102 valence electrons. The molecule has 0 aromatic heterocycles. The van der Waals surface area contributed by atoms with Crippen molar-refractivity contribution in [2.45, 2.75) is 6.92 Å². The Morgan fingerprint density at radius 2 is 1.90 bits per heavy atom. The average molecular weight is 286 g/mol. The van der Waals surface area contributed by atoms with Crippen LogP contribution in [0.1, 0.15) is 21.5 Å². The molecule has 2 rings (SSSR count). The van der Waals surface area contributed by atoms with E-state index in [1.807, 2.05) is 0 Å². The molecule has 0 aliphatic heterocycles. The molecular formula is C15H14N2O2S. The smallest absolute Gasteiger partial charge is 0.255 e. The van der Waals surface area contributed by atoms with E-state index in [4.69, 9.17) is 18.0 Å². The minimum Gasteiger partial charge on any atom is -0.508 e. The lowest BCUT2D eigenvalue weighted by Gasteiger charge is -2.11. The number of hydrogen-bond acceptors (Lipinski definition) is 3. The van der Waals surface area contributed by atoms with E-state index < -0.39 is 0 Å². The van der Waals surface area contributed by atoms with Crippen molar-refractivity contribution in [1.29, 1.82) is 0 Å². The van der Waals surface area contributed by atoms with Crippen molar-refractivity contribution in [2.75, 3.05) is 5.32 Å². The van der Waals surface area contributed by atoms with Crippen LogP contribution in [0.3, 0.4) is 0 Å². The third-order valence-corrected chi connectivity index (χ3v) is 3.12. The first-order chi connectivity index (χ1) is 9.49. The molecule has 0 saturated heterocycles. The first-order valence-electron chi connectivity index (χ1n) is 5.99. The summed E-state index contributed by atoms with van der Waals surface area (Å²) in [6.45, 7) is 1.76. The Labute approximate surface area is 122 Å². The van der Waals surface area contributed by atoms with Crippen LogP contribution in [-0.2, 0) is 0 Å². The molecule has 5 heteroatoms.